The number of likely N-dealkylation sites (tertiary alicyclic amines) is 1. The van der Waals surface area contributed by atoms with Gasteiger partial charge in [0, 0.05) is 13.1 Å². The maximum atomic E-state index is 13.1. The van der Waals surface area contributed by atoms with Crippen molar-refractivity contribution in [3.8, 4) is 0 Å². The topological polar surface area (TPSA) is 55.6 Å². The Balaban J connectivity index is 2.97. The Kier molecular flexibility index (Phi) is 3.86. The van der Waals surface area contributed by atoms with Crippen molar-refractivity contribution < 1.29 is 22.7 Å². The molecule has 2 N–H and O–H groups in total. The highest BCUT2D eigenvalue weighted by atomic mass is 19.4. The first-order chi connectivity index (χ1) is 8.03. The van der Waals surface area contributed by atoms with E-state index in [9.17, 15) is 18.0 Å². The first-order valence-corrected chi connectivity index (χ1v) is 5.81. The Morgan fingerprint density at radius 1 is 1.39 bits per heavy atom. The number of hydrogen-bond donors (Lipinski definition) is 1. The van der Waals surface area contributed by atoms with Crippen LogP contribution in [0.15, 0.2) is 0 Å². The van der Waals surface area contributed by atoms with E-state index < -0.39 is 30.0 Å². The molecule has 1 atom stereocenters. The van der Waals surface area contributed by atoms with Gasteiger partial charge in [-0.15, -0.1) is 0 Å². The monoisotopic (exact) mass is 268 g/mol. The fourth-order valence-corrected chi connectivity index (χ4v) is 2.08. The van der Waals surface area contributed by atoms with Crippen LogP contribution in [0.5, 0.6) is 0 Å². The molecular formula is C11H19F3N2O2. The molecule has 18 heavy (non-hydrogen) atoms. The van der Waals surface area contributed by atoms with Gasteiger partial charge in [-0.3, -0.25) is 4.90 Å². The first-order valence-electron chi connectivity index (χ1n) is 5.81. The highest BCUT2D eigenvalue weighted by molar-refractivity contribution is 5.70. The normalized spacial score (nSPS) is 25.4. The lowest BCUT2D eigenvalue weighted by atomic mass is 9.96. The fourth-order valence-electron chi connectivity index (χ4n) is 2.08. The number of hydrogen-bond acceptors (Lipinski definition) is 3. The molecule has 106 valence electrons. The molecule has 1 saturated heterocycles. The third kappa shape index (κ3) is 2.71. The summed E-state index contributed by atoms with van der Waals surface area (Å²) in [6.45, 7) is 4.21. The Bertz CT molecular complexity index is 325. The maximum Gasteiger partial charge on any atom is 0.413 e. The summed E-state index contributed by atoms with van der Waals surface area (Å²) in [5, 5.41) is 0. The molecular weight excluding hydrogens is 249 g/mol. The molecule has 1 amide bonds. The van der Waals surface area contributed by atoms with Gasteiger partial charge >= 0.3 is 12.3 Å². The van der Waals surface area contributed by atoms with E-state index in [4.69, 9.17) is 10.5 Å². The minimum absolute atomic E-state index is 0.0195. The lowest BCUT2D eigenvalue weighted by molar-refractivity contribution is -0.215. The van der Waals surface area contributed by atoms with Crippen LogP contribution in [0.3, 0.4) is 0 Å². The average Bonchev–Trinajstić information content (AvgIpc) is 2.58. The highest BCUT2D eigenvalue weighted by Crippen LogP contribution is 2.43. The van der Waals surface area contributed by atoms with Gasteiger partial charge in [-0.1, -0.05) is 0 Å². The average molecular weight is 268 g/mol. The molecule has 0 unspecified atom stereocenters. The van der Waals surface area contributed by atoms with Crippen LogP contribution in [0, 0.1) is 0 Å². The number of ether oxygens (including phenoxy) is 1. The van der Waals surface area contributed by atoms with E-state index in [-0.39, 0.29) is 19.4 Å². The van der Waals surface area contributed by atoms with Crippen molar-refractivity contribution in [3.05, 3.63) is 0 Å². The van der Waals surface area contributed by atoms with Gasteiger partial charge in [0.15, 0.2) is 5.54 Å². The van der Waals surface area contributed by atoms with Crippen LogP contribution < -0.4 is 5.73 Å². The largest absolute Gasteiger partial charge is 0.444 e. The van der Waals surface area contributed by atoms with Gasteiger partial charge in [-0.2, -0.15) is 13.2 Å². The predicted molar refractivity (Wildman–Crippen MR) is 60.0 cm³/mol. The maximum absolute atomic E-state index is 13.1. The van der Waals surface area contributed by atoms with E-state index in [2.05, 4.69) is 0 Å². The summed E-state index contributed by atoms with van der Waals surface area (Å²) >= 11 is 0. The molecule has 0 aromatic rings. The van der Waals surface area contributed by atoms with E-state index in [1.807, 2.05) is 0 Å². The lowest BCUT2D eigenvalue weighted by Gasteiger charge is -2.39. The van der Waals surface area contributed by atoms with Crippen LogP contribution in [-0.4, -0.2) is 41.4 Å². The fraction of sp³-hybridized carbons (Fsp3) is 0.909. The van der Waals surface area contributed by atoms with E-state index in [0.29, 0.717) is 0 Å². The summed E-state index contributed by atoms with van der Waals surface area (Å²) in [4.78, 5) is 12.6. The van der Waals surface area contributed by atoms with E-state index in [0.717, 1.165) is 4.90 Å². The smallest absolute Gasteiger partial charge is 0.413 e. The summed E-state index contributed by atoms with van der Waals surface area (Å²) < 4.78 is 44.4. The van der Waals surface area contributed by atoms with Crippen LogP contribution in [0.2, 0.25) is 0 Å². The molecule has 0 bridgehead atoms. The molecule has 4 nitrogen and oxygen atoms in total. The number of carbonyl (C=O) groups is 1. The standard InChI is InChI=1S/C11H19F3N2O2/c1-9(2,3)18-8(17)16-6-4-5-10(16,7-15)11(12,13)14/h4-7,15H2,1-3H3/t10-/m1/s1. The van der Waals surface area contributed by atoms with Gasteiger partial charge < -0.3 is 10.5 Å². The molecule has 1 aliphatic heterocycles. The van der Waals surface area contributed by atoms with Gasteiger partial charge in [-0.25, -0.2) is 4.79 Å². The molecule has 0 aliphatic carbocycles. The van der Waals surface area contributed by atoms with Crippen LogP contribution in [0.4, 0.5) is 18.0 Å². The number of amides is 1. The third-order valence-electron chi connectivity index (χ3n) is 2.97. The Morgan fingerprint density at radius 3 is 2.33 bits per heavy atom. The molecule has 1 heterocycles. The number of halogens is 3. The van der Waals surface area contributed by atoms with Crippen LogP contribution in [0.25, 0.3) is 0 Å². The second-order valence-corrected chi connectivity index (χ2v) is 5.47. The second-order valence-electron chi connectivity index (χ2n) is 5.47. The first kappa shape index (κ1) is 15.1. The van der Waals surface area contributed by atoms with Crippen molar-refractivity contribution in [2.45, 2.75) is 50.9 Å². The Morgan fingerprint density at radius 2 is 1.94 bits per heavy atom. The molecule has 0 saturated carbocycles. The van der Waals surface area contributed by atoms with E-state index >= 15 is 0 Å². The van der Waals surface area contributed by atoms with Crippen molar-refractivity contribution in [2.24, 2.45) is 5.73 Å². The minimum Gasteiger partial charge on any atom is -0.444 e. The zero-order valence-electron chi connectivity index (χ0n) is 10.8. The third-order valence-corrected chi connectivity index (χ3v) is 2.97. The second kappa shape index (κ2) is 4.60. The summed E-state index contributed by atoms with van der Waals surface area (Å²) in [7, 11) is 0. The van der Waals surface area contributed by atoms with Crippen LogP contribution in [-0.2, 0) is 4.74 Å². The lowest BCUT2D eigenvalue weighted by Crippen LogP contribution is -2.62. The van der Waals surface area contributed by atoms with Crippen molar-refractivity contribution in [1.82, 2.24) is 4.90 Å². The predicted octanol–water partition coefficient (Wildman–Crippen LogP) is 2.28. The zero-order valence-corrected chi connectivity index (χ0v) is 10.8. The summed E-state index contributed by atoms with van der Waals surface area (Å²) in [5.41, 5.74) is 2.17. The summed E-state index contributed by atoms with van der Waals surface area (Å²) in [6.07, 6.45) is -5.40. The van der Waals surface area contributed by atoms with Gasteiger partial charge in [0.2, 0.25) is 0 Å². The van der Waals surface area contributed by atoms with Gasteiger partial charge in [0.05, 0.1) is 0 Å². The van der Waals surface area contributed by atoms with Crippen molar-refractivity contribution in [2.75, 3.05) is 13.1 Å². The van der Waals surface area contributed by atoms with Crippen LogP contribution in [0.1, 0.15) is 33.6 Å². The number of nitrogens with two attached hydrogens (primary N) is 1. The van der Waals surface area contributed by atoms with E-state index in [1.54, 1.807) is 20.8 Å². The molecule has 0 aromatic carbocycles. The number of nitrogens with zero attached hydrogens (tertiary/aromatic N) is 1. The Hall–Kier alpha value is -0.980. The Labute approximate surface area is 104 Å². The van der Waals surface area contributed by atoms with Gasteiger partial charge in [0.1, 0.15) is 5.60 Å². The van der Waals surface area contributed by atoms with Gasteiger partial charge in [0.25, 0.3) is 0 Å². The molecule has 1 rings (SSSR count). The minimum atomic E-state index is -4.55. The molecule has 1 aliphatic rings. The summed E-state index contributed by atoms with van der Waals surface area (Å²) in [6, 6.07) is 0. The molecule has 7 heteroatoms. The number of carbonyl (C=O) groups excluding carboxylic acids is 1. The molecule has 1 fully saturated rings. The molecule has 0 aromatic heterocycles. The number of rotatable bonds is 1. The quantitative estimate of drug-likeness (QED) is 0.793. The van der Waals surface area contributed by atoms with Crippen molar-refractivity contribution in [3.63, 3.8) is 0 Å². The molecule has 0 radical (unpaired) electrons. The van der Waals surface area contributed by atoms with Crippen molar-refractivity contribution >= 4 is 6.09 Å². The highest BCUT2D eigenvalue weighted by Gasteiger charge is 2.61. The SMILES string of the molecule is CC(C)(C)OC(=O)N1CCC[C@@]1(CN)C(F)(F)F. The van der Waals surface area contributed by atoms with Crippen LogP contribution >= 0.6 is 0 Å². The molecule has 0 spiro atoms. The van der Waals surface area contributed by atoms with E-state index in [1.165, 1.54) is 0 Å². The zero-order chi connectivity index (χ0) is 14.2. The number of alkyl halides is 3. The summed E-state index contributed by atoms with van der Waals surface area (Å²) in [5.74, 6) is 0. The van der Waals surface area contributed by atoms with Gasteiger partial charge in [-0.05, 0) is 33.6 Å². The van der Waals surface area contributed by atoms with Crippen molar-refractivity contribution in [1.29, 1.82) is 0 Å².